The second-order valence-electron chi connectivity index (χ2n) is 9.04. The van der Waals surface area contributed by atoms with Crippen LogP contribution in [0.25, 0.3) is 11.3 Å². The number of nitro groups is 1. The molecule has 0 unspecified atom stereocenters. The van der Waals surface area contributed by atoms with Crippen molar-refractivity contribution in [3.63, 3.8) is 0 Å². The molecule has 2 atom stereocenters. The van der Waals surface area contributed by atoms with Crippen LogP contribution in [-0.2, 0) is 9.53 Å². The first kappa shape index (κ1) is 30.9. The fourth-order valence-corrected chi connectivity index (χ4v) is 4.38. The van der Waals surface area contributed by atoms with E-state index in [1.165, 1.54) is 25.5 Å². The number of hydrogen-bond acceptors (Lipinski definition) is 11. The summed E-state index contributed by atoms with van der Waals surface area (Å²) in [5, 5.41) is 30.7. The van der Waals surface area contributed by atoms with Crippen LogP contribution in [0, 0.1) is 10.1 Å². The number of methoxy groups -OCH3 is 1. The minimum absolute atomic E-state index is 0.0158. The van der Waals surface area contributed by atoms with Crippen LogP contribution >= 0.6 is 11.6 Å². The van der Waals surface area contributed by atoms with Gasteiger partial charge in [0.05, 0.1) is 36.5 Å². The Hall–Kier alpha value is -5.08. The van der Waals surface area contributed by atoms with Crippen LogP contribution in [0.15, 0.2) is 69.3 Å². The molecule has 0 bridgehead atoms. The molecule has 4 N–H and O–H groups in total. The van der Waals surface area contributed by atoms with Crippen molar-refractivity contribution >= 4 is 35.5 Å². The Morgan fingerprint density at radius 3 is 2.74 bits per heavy atom. The number of carbonyl (C=O) groups excluding carboxylic acids is 2. The predicted octanol–water partition coefficient (Wildman–Crippen LogP) is 4.03. The number of rotatable bonds is 12. The summed E-state index contributed by atoms with van der Waals surface area (Å²) in [4.78, 5) is 35.1. The van der Waals surface area contributed by atoms with Crippen LogP contribution < -0.4 is 25.5 Å². The summed E-state index contributed by atoms with van der Waals surface area (Å²) in [6.45, 7) is 3.47. The fraction of sp³-hybridized carbons (Fsp3) is 0.250. The fourth-order valence-electron chi connectivity index (χ4n) is 4.19. The number of nitro benzene ring substituents is 1. The van der Waals surface area contributed by atoms with Gasteiger partial charge in [0.2, 0.25) is 0 Å². The van der Waals surface area contributed by atoms with Gasteiger partial charge >= 0.3 is 12.0 Å². The van der Waals surface area contributed by atoms with Crippen LogP contribution in [0.5, 0.6) is 11.5 Å². The van der Waals surface area contributed by atoms with Crippen LogP contribution in [-0.4, -0.2) is 54.8 Å². The number of nitrogens with zero attached hydrogens (tertiary/aromatic N) is 2. The molecule has 2 aromatic carbocycles. The Balaban J connectivity index is 1.39. The van der Waals surface area contributed by atoms with E-state index in [9.17, 15) is 24.8 Å². The summed E-state index contributed by atoms with van der Waals surface area (Å²) in [5.41, 5.74) is 3.90. The summed E-state index contributed by atoms with van der Waals surface area (Å²) < 4.78 is 22.0. The van der Waals surface area contributed by atoms with Gasteiger partial charge in [0.15, 0.2) is 17.7 Å². The lowest BCUT2D eigenvalue weighted by molar-refractivity contribution is -0.384. The van der Waals surface area contributed by atoms with Gasteiger partial charge in [0, 0.05) is 17.3 Å². The summed E-state index contributed by atoms with van der Waals surface area (Å²) in [5.74, 6) is 0.732. The van der Waals surface area contributed by atoms with E-state index in [0.717, 1.165) is 0 Å². The average molecular weight is 614 g/mol. The number of aliphatic hydroxyl groups excluding tert-OH is 1. The number of hydrogen-bond donors (Lipinski definition) is 4. The molecule has 0 radical (unpaired) electrons. The third-order valence-corrected chi connectivity index (χ3v) is 6.46. The molecular weight excluding hydrogens is 586 g/mol. The largest absolute Gasteiger partial charge is 0.490 e. The Kier molecular flexibility index (Phi) is 9.85. The highest BCUT2D eigenvalue weighted by molar-refractivity contribution is 6.32. The topological polar surface area (TPSA) is 187 Å². The van der Waals surface area contributed by atoms with E-state index in [-0.39, 0.29) is 22.9 Å². The number of benzene rings is 2. The second-order valence-corrected chi connectivity index (χ2v) is 9.45. The molecule has 1 aromatic heterocycles. The van der Waals surface area contributed by atoms with Crippen molar-refractivity contribution < 1.29 is 38.2 Å². The van der Waals surface area contributed by atoms with E-state index in [2.05, 4.69) is 21.2 Å². The van der Waals surface area contributed by atoms with Crippen molar-refractivity contribution in [1.29, 1.82) is 0 Å². The molecule has 226 valence electrons. The molecule has 0 aliphatic carbocycles. The van der Waals surface area contributed by atoms with E-state index in [1.54, 1.807) is 50.2 Å². The minimum atomic E-state index is -1.22. The predicted molar refractivity (Wildman–Crippen MR) is 155 cm³/mol. The van der Waals surface area contributed by atoms with Crippen molar-refractivity contribution in [2.24, 2.45) is 5.10 Å². The minimum Gasteiger partial charge on any atom is -0.490 e. The van der Waals surface area contributed by atoms with Gasteiger partial charge in [-0.3, -0.25) is 15.5 Å². The number of esters is 1. The van der Waals surface area contributed by atoms with Crippen molar-refractivity contribution in [3.05, 3.63) is 86.3 Å². The molecule has 0 spiro atoms. The van der Waals surface area contributed by atoms with Gasteiger partial charge in [0.1, 0.15) is 23.2 Å². The summed E-state index contributed by atoms with van der Waals surface area (Å²) >= 11 is 5.87. The maximum atomic E-state index is 12.4. The van der Waals surface area contributed by atoms with E-state index in [1.807, 2.05) is 0 Å². The van der Waals surface area contributed by atoms with Gasteiger partial charge in [0.25, 0.3) is 5.69 Å². The molecule has 3 aromatic rings. The number of aliphatic hydroxyl groups is 1. The van der Waals surface area contributed by atoms with Gasteiger partial charge in [-0.05, 0) is 55.8 Å². The number of urea groups is 1. The highest BCUT2D eigenvalue weighted by atomic mass is 35.5. The normalized spacial score (nSPS) is 15.5. The zero-order valence-corrected chi connectivity index (χ0v) is 24.0. The Labute approximate surface area is 250 Å². The Bertz CT molecular complexity index is 1590. The van der Waals surface area contributed by atoms with Crippen molar-refractivity contribution in [2.75, 3.05) is 20.3 Å². The number of carbonyl (C=O) groups is 2. The quantitative estimate of drug-likeness (QED) is 0.0763. The standard InChI is InChI=1S/C28H28ClN5O9/c1-4-41-23-12-17(26-25(27(36)40-3)15(2)31-28(37)32-26)6-9-22(23)42-14-24(35)33-30-13-18-7-10-21(43-18)16-5-8-19(29)20(11-16)34(38)39/h5-13,24,26,33,35H,4,14H2,1-3H3,(H2,31,32,37)/b30-13+/t24-,26-/m0/s1. The first-order valence-electron chi connectivity index (χ1n) is 12.9. The highest BCUT2D eigenvalue weighted by Gasteiger charge is 2.32. The number of amides is 2. The maximum Gasteiger partial charge on any atom is 0.337 e. The van der Waals surface area contributed by atoms with Crippen LogP contribution in [0.1, 0.15) is 31.2 Å². The van der Waals surface area contributed by atoms with E-state index < -0.39 is 29.2 Å². The van der Waals surface area contributed by atoms with Crippen molar-refractivity contribution in [2.45, 2.75) is 26.1 Å². The van der Waals surface area contributed by atoms with Crippen molar-refractivity contribution in [3.8, 4) is 22.8 Å². The molecule has 2 amide bonds. The average Bonchev–Trinajstić information content (AvgIpc) is 3.45. The number of hydrazone groups is 1. The molecule has 0 saturated heterocycles. The summed E-state index contributed by atoms with van der Waals surface area (Å²) in [7, 11) is 1.25. The molecule has 15 heteroatoms. The SMILES string of the molecule is CCOc1cc([C@@H]2NC(=O)NC(C)=C2C(=O)OC)ccc1OC[C@H](O)N/N=C/c1ccc(-c2ccc(Cl)c([N+](=O)[O-])c2)o1. The van der Waals surface area contributed by atoms with Gasteiger partial charge in [-0.2, -0.15) is 5.10 Å². The summed E-state index contributed by atoms with van der Waals surface area (Å²) in [6.07, 6.45) is 0.0955. The molecule has 1 aliphatic heterocycles. The van der Waals surface area contributed by atoms with E-state index in [4.69, 9.17) is 30.2 Å². The zero-order valence-electron chi connectivity index (χ0n) is 23.3. The molecule has 4 rings (SSSR count). The number of allylic oxidation sites excluding steroid dienone is 1. The number of ether oxygens (including phenoxy) is 3. The first-order chi connectivity index (χ1) is 20.6. The van der Waals surface area contributed by atoms with Gasteiger partial charge < -0.3 is 34.4 Å². The monoisotopic (exact) mass is 613 g/mol. The van der Waals surface area contributed by atoms with Crippen LogP contribution in [0.4, 0.5) is 10.5 Å². The lowest BCUT2D eigenvalue weighted by Crippen LogP contribution is -2.45. The molecule has 0 fully saturated rings. The second kappa shape index (κ2) is 13.7. The molecule has 1 aliphatic rings. The number of furan rings is 1. The Morgan fingerprint density at radius 1 is 1.23 bits per heavy atom. The third-order valence-electron chi connectivity index (χ3n) is 6.14. The maximum absolute atomic E-state index is 12.4. The lowest BCUT2D eigenvalue weighted by atomic mass is 9.95. The first-order valence-corrected chi connectivity index (χ1v) is 13.3. The molecule has 14 nitrogen and oxygen atoms in total. The van der Waals surface area contributed by atoms with Crippen LogP contribution in [0.2, 0.25) is 5.02 Å². The molecule has 43 heavy (non-hydrogen) atoms. The summed E-state index contributed by atoms with van der Waals surface area (Å²) in [6, 6.07) is 11.2. The van der Waals surface area contributed by atoms with Gasteiger partial charge in [-0.1, -0.05) is 17.7 Å². The lowest BCUT2D eigenvalue weighted by Gasteiger charge is -2.28. The van der Waals surface area contributed by atoms with E-state index >= 15 is 0 Å². The zero-order chi connectivity index (χ0) is 31.1. The molecule has 2 heterocycles. The molecular formula is C28H28ClN5O9. The van der Waals surface area contributed by atoms with Gasteiger partial charge in [-0.15, -0.1) is 0 Å². The van der Waals surface area contributed by atoms with Crippen LogP contribution in [0.3, 0.4) is 0 Å². The number of halogens is 1. The van der Waals surface area contributed by atoms with E-state index in [0.29, 0.717) is 46.5 Å². The van der Waals surface area contributed by atoms with Gasteiger partial charge in [-0.25, -0.2) is 9.59 Å². The highest BCUT2D eigenvalue weighted by Crippen LogP contribution is 2.35. The Morgan fingerprint density at radius 2 is 2.02 bits per heavy atom. The molecule has 0 saturated carbocycles. The smallest absolute Gasteiger partial charge is 0.337 e. The number of nitrogens with one attached hydrogen (secondary N) is 3. The van der Waals surface area contributed by atoms with Crippen molar-refractivity contribution in [1.82, 2.24) is 16.1 Å². The third kappa shape index (κ3) is 7.42.